The Morgan fingerprint density at radius 2 is 1.70 bits per heavy atom. The van der Waals surface area contributed by atoms with Gasteiger partial charge < -0.3 is 0 Å². The minimum Gasteiger partial charge on any atom is -0.266 e. The van der Waals surface area contributed by atoms with Gasteiger partial charge in [-0.3, -0.25) is 4.68 Å². The number of aromatic nitrogens is 2. The lowest BCUT2D eigenvalue weighted by atomic mass is 10.0. The Labute approximate surface area is 138 Å². The van der Waals surface area contributed by atoms with Crippen LogP contribution in [0.15, 0.2) is 60.8 Å². The second kappa shape index (κ2) is 6.13. The first-order valence-electron chi connectivity index (χ1n) is 7.18. The number of halogens is 3. The molecule has 0 aliphatic carbocycles. The van der Waals surface area contributed by atoms with Crippen LogP contribution in [0.4, 0.5) is 8.78 Å². The van der Waals surface area contributed by atoms with Crippen LogP contribution in [0.1, 0.15) is 6.92 Å². The lowest BCUT2D eigenvalue weighted by molar-refractivity contribution is 0.000656. The Hall–Kier alpha value is -2.20. The summed E-state index contributed by atoms with van der Waals surface area (Å²) in [7, 11) is 0. The zero-order valence-electron chi connectivity index (χ0n) is 12.5. The predicted octanol–water partition coefficient (Wildman–Crippen LogP) is 5.53. The largest absolute Gasteiger partial charge is 0.266 e. The summed E-state index contributed by atoms with van der Waals surface area (Å²) in [5, 5.41) is 4.91. The Balaban J connectivity index is 1.89. The smallest absolute Gasteiger partial charge is 0.264 e. The van der Waals surface area contributed by atoms with E-state index in [-0.39, 0.29) is 0 Å². The zero-order valence-corrected chi connectivity index (χ0v) is 13.3. The number of hydrogen-bond donors (Lipinski definition) is 0. The van der Waals surface area contributed by atoms with Gasteiger partial charge in [0.15, 0.2) is 0 Å². The number of alkyl halides is 2. The van der Waals surface area contributed by atoms with Crippen molar-refractivity contribution < 1.29 is 8.78 Å². The van der Waals surface area contributed by atoms with Crippen molar-refractivity contribution in [2.24, 2.45) is 0 Å². The molecule has 0 spiro atoms. The summed E-state index contributed by atoms with van der Waals surface area (Å²) >= 11 is 5.91. The van der Waals surface area contributed by atoms with Crippen molar-refractivity contribution in [3.05, 3.63) is 65.8 Å². The van der Waals surface area contributed by atoms with Crippen molar-refractivity contribution in [3.63, 3.8) is 0 Å². The normalized spacial score (nSPS) is 11.7. The summed E-state index contributed by atoms with van der Waals surface area (Å²) in [5.74, 6) is -2.78. The Morgan fingerprint density at radius 1 is 1.00 bits per heavy atom. The van der Waals surface area contributed by atoms with Gasteiger partial charge in [-0.15, -0.1) is 0 Å². The first-order valence-corrected chi connectivity index (χ1v) is 7.56. The SMILES string of the molecule is CC(F)(F)Cn1ccc(-c2cccc(-c3ccc(Cl)cc3)c2)n1. The van der Waals surface area contributed by atoms with Gasteiger partial charge in [0.2, 0.25) is 0 Å². The van der Waals surface area contributed by atoms with Gasteiger partial charge in [0, 0.05) is 23.7 Å². The maximum Gasteiger partial charge on any atom is 0.264 e. The molecule has 0 bridgehead atoms. The minimum absolute atomic E-state index is 0.427. The molecule has 0 saturated heterocycles. The topological polar surface area (TPSA) is 17.8 Å². The van der Waals surface area contributed by atoms with Crippen molar-refractivity contribution in [2.75, 3.05) is 0 Å². The van der Waals surface area contributed by atoms with Crippen molar-refractivity contribution in [2.45, 2.75) is 19.4 Å². The van der Waals surface area contributed by atoms with E-state index in [0.29, 0.717) is 10.7 Å². The molecule has 2 nitrogen and oxygen atoms in total. The summed E-state index contributed by atoms with van der Waals surface area (Å²) in [6, 6.07) is 17.1. The average molecular weight is 333 g/mol. The second-order valence-electron chi connectivity index (χ2n) is 5.56. The number of rotatable bonds is 4. The van der Waals surface area contributed by atoms with Crippen LogP contribution in [0.2, 0.25) is 5.02 Å². The van der Waals surface area contributed by atoms with Gasteiger partial charge in [-0.25, -0.2) is 8.78 Å². The third-order valence-electron chi connectivity index (χ3n) is 3.42. The zero-order chi connectivity index (χ0) is 16.4. The van der Waals surface area contributed by atoms with Crippen LogP contribution >= 0.6 is 11.6 Å². The summed E-state index contributed by atoms with van der Waals surface area (Å²) < 4.78 is 27.4. The lowest BCUT2D eigenvalue weighted by Gasteiger charge is -2.09. The number of hydrogen-bond acceptors (Lipinski definition) is 1. The summed E-state index contributed by atoms with van der Waals surface area (Å²) in [4.78, 5) is 0. The van der Waals surface area contributed by atoms with Crippen molar-refractivity contribution in [3.8, 4) is 22.4 Å². The monoisotopic (exact) mass is 332 g/mol. The number of nitrogens with zero attached hydrogens (tertiary/aromatic N) is 2. The Kier molecular flexibility index (Phi) is 4.18. The fraction of sp³-hybridized carbons (Fsp3) is 0.167. The second-order valence-corrected chi connectivity index (χ2v) is 5.99. The highest BCUT2D eigenvalue weighted by atomic mass is 35.5. The lowest BCUT2D eigenvalue weighted by Crippen LogP contribution is -2.19. The third-order valence-corrected chi connectivity index (χ3v) is 3.67. The van der Waals surface area contributed by atoms with E-state index < -0.39 is 12.5 Å². The maximum atomic E-state index is 13.1. The molecule has 0 N–H and O–H groups in total. The fourth-order valence-electron chi connectivity index (χ4n) is 2.39. The van der Waals surface area contributed by atoms with Crippen LogP contribution < -0.4 is 0 Å². The molecule has 0 aliphatic heterocycles. The summed E-state index contributed by atoms with van der Waals surface area (Å²) in [6.07, 6.45) is 1.57. The fourth-order valence-corrected chi connectivity index (χ4v) is 2.51. The highest BCUT2D eigenvalue weighted by Crippen LogP contribution is 2.26. The molecular formula is C18H15ClF2N2. The van der Waals surface area contributed by atoms with Gasteiger partial charge in [-0.2, -0.15) is 5.10 Å². The molecule has 0 aliphatic rings. The molecule has 23 heavy (non-hydrogen) atoms. The molecular weight excluding hydrogens is 318 g/mol. The molecule has 5 heteroatoms. The average Bonchev–Trinajstić information content (AvgIpc) is 2.94. The van der Waals surface area contributed by atoms with E-state index in [1.807, 2.05) is 48.5 Å². The number of benzene rings is 2. The molecule has 0 radical (unpaired) electrons. The van der Waals surface area contributed by atoms with Crippen LogP contribution in [-0.2, 0) is 6.54 Å². The molecule has 0 saturated carbocycles. The molecule has 0 amide bonds. The van der Waals surface area contributed by atoms with Gasteiger partial charge in [0.25, 0.3) is 5.92 Å². The highest BCUT2D eigenvalue weighted by molar-refractivity contribution is 6.30. The molecule has 0 atom stereocenters. The van der Waals surface area contributed by atoms with E-state index in [1.54, 1.807) is 12.3 Å². The Bertz CT molecular complexity index is 804. The van der Waals surface area contributed by atoms with Crippen LogP contribution in [0.25, 0.3) is 22.4 Å². The van der Waals surface area contributed by atoms with Crippen LogP contribution in [0.3, 0.4) is 0 Å². The molecule has 118 valence electrons. The molecule has 0 fully saturated rings. The first-order chi connectivity index (χ1) is 10.9. The van der Waals surface area contributed by atoms with E-state index in [9.17, 15) is 8.78 Å². The van der Waals surface area contributed by atoms with Gasteiger partial charge in [0.1, 0.15) is 6.54 Å². The molecule has 3 rings (SSSR count). The van der Waals surface area contributed by atoms with Gasteiger partial charge in [-0.1, -0.05) is 41.9 Å². The van der Waals surface area contributed by atoms with Crippen molar-refractivity contribution in [1.82, 2.24) is 9.78 Å². The maximum absolute atomic E-state index is 13.1. The van der Waals surface area contributed by atoms with Crippen LogP contribution in [0, 0.1) is 0 Å². The molecule has 1 aromatic heterocycles. The molecule has 3 aromatic rings. The quantitative estimate of drug-likeness (QED) is 0.614. The van der Waals surface area contributed by atoms with Crippen LogP contribution in [-0.4, -0.2) is 15.7 Å². The predicted molar refractivity (Wildman–Crippen MR) is 88.7 cm³/mol. The van der Waals surface area contributed by atoms with E-state index in [0.717, 1.165) is 23.6 Å². The summed E-state index contributed by atoms with van der Waals surface area (Å²) in [6.45, 7) is 0.458. The molecule has 0 unspecified atom stereocenters. The van der Waals surface area contributed by atoms with E-state index in [2.05, 4.69) is 5.10 Å². The van der Waals surface area contributed by atoms with Crippen molar-refractivity contribution >= 4 is 11.6 Å². The van der Waals surface area contributed by atoms with Crippen molar-refractivity contribution in [1.29, 1.82) is 0 Å². The van der Waals surface area contributed by atoms with E-state index in [1.165, 1.54) is 4.68 Å². The van der Waals surface area contributed by atoms with E-state index in [4.69, 9.17) is 11.6 Å². The van der Waals surface area contributed by atoms with Gasteiger partial charge in [0.05, 0.1) is 5.69 Å². The van der Waals surface area contributed by atoms with Crippen LogP contribution in [0.5, 0.6) is 0 Å². The first kappa shape index (κ1) is 15.7. The van der Waals surface area contributed by atoms with Gasteiger partial charge in [-0.05, 0) is 35.4 Å². The van der Waals surface area contributed by atoms with Gasteiger partial charge >= 0.3 is 0 Å². The third kappa shape index (κ3) is 3.96. The standard InChI is InChI=1S/C18H15ClF2N2/c1-18(20,21)12-23-10-9-17(22-23)15-4-2-3-14(11-15)13-5-7-16(19)8-6-13/h2-11H,12H2,1H3. The highest BCUT2D eigenvalue weighted by Gasteiger charge is 2.22. The molecule has 1 heterocycles. The summed E-state index contributed by atoms with van der Waals surface area (Å²) in [5.41, 5.74) is 3.62. The van der Waals surface area contributed by atoms with E-state index >= 15 is 0 Å². The Morgan fingerprint density at radius 3 is 2.39 bits per heavy atom. The minimum atomic E-state index is -2.78. The molecule has 2 aromatic carbocycles.